The summed E-state index contributed by atoms with van der Waals surface area (Å²) in [5.74, 6) is -1.26. The maximum absolute atomic E-state index is 13.2. The molecule has 0 spiro atoms. The molecular formula is C23H20N2O7. The minimum absolute atomic E-state index is 0.0210. The Bertz CT molecular complexity index is 1390. The lowest BCUT2D eigenvalue weighted by molar-refractivity contribution is -0.172. The Balaban J connectivity index is 1.71. The van der Waals surface area contributed by atoms with Crippen LogP contribution in [0.4, 0.5) is 0 Å². The van der Waals surface area contributed by atoms with Gasteiger partial charge < -0.3 is 24.3 Å². The highest BCUT2D eigenvalue weighted by Crippen LogP contribution is 2.39. The van der Waals surface area contributed by atoms with E-state index < -0.39 is 17.5 Å². The second-order valence-electron chi connectivity index (χ2n) is 8.01. The minimum atomic E-state index is -1.88. The molecule has 2 aliphatic heterocycles. The van der Waals surface area contributed by atoms with Gasteiger partial charge >= 0.3 is 11.9 Å². The first-order chi connectivity index (χ1) is 15.2. The molecule has 0 aliphatic carbocycles. The van der Waals surface area contributed by atoms with Crippen molar-refractivity contribution in [1.82, 2.24) is 9.55 Å². The van der Waals surface area contributed by atoms with E-state index in [0.717, 1.165) is 5.56 Å². The number of nitrogens with zero attached hydrogens (tertiary/aromatic N) is 2. The number of rotatable bonds is 3. The molecule has 0 bridgehead atoms. The summed E-state index contributed by atoms with van der Waals surface area (Å²) < 4.78 is 11.7. The highest BCUT2D eigenvalue weighted by molar-refractivity contribution is 5.89. The number of aliphatic hydroxyl groups is 1. The van der Waals surface area contributed by atoms with E-state index >= 15 is 0 Å². The normalized spacial score (nSPS) is 18.7. The van der Waals surface area contributed by atoms with Gasteiger partial charge in [-0.15, -0.1) is 0 Å². The van der Waals surface area contributed by atoms with E-state index in [-0.39, 0.29) is 48.6 Å². The molecule has 0 amide bonds. The van der Waals surface area contributed by atoms with Gasteiger partial charge in [-0.25, -0.2) is 9.78 Å². The first-order valence-electron chi connectivity index (χ1n) is 10.2. The summed E-state index contributed by atoms with van der Waals surface area (Å²) in [4.78, 5) is 41.4. The Morgan fingerprint density at radius 2 is 2.09 bits per heavy atom. The maximum atomic E-state index is 13.2. The van der Waals surface area contributed by atoms with Crippen molar-refractivity contribution in [2.45, 2.75) is 45.6 Å². The van der Waals surface area contributed by atoms with Gasteiger partial charge in [0.2, 0.25) is 0 Å². The number of hydrogen-bond acceptors (Lipinski definition) is 8. The van der Waals surface area contributed by atoms with Crippen LogP contribution in [0.3, 0.4) is 0 Å². The first kappa shape index (κ1) is 20.2. The molecule has 5 rings (SSSR count). The standard InChI is InChI=1S/C23H20N2O7/c1-3-23(30)16-7-18-20-12(8-25(18)21(28)15(16)10-32-22(23)29)6-13-14(9-31-11(2)26)19(27)5-4-17(13)24-20/h4-7,27,30H,3,8-10H2,1-2H3/t23-/m0/s1. The molecule has 0 fully saturated rings. The molecule has 4 heterocycles. The van der Waals surface area contributed by atoms with Crippen molar-refractivity contribution < 1.29 is 29.3 Å². The smallest absolute Gasteiger partial charge is 0.343 e. The number of benzene rings is 1. The number of esters is 2. The van der Waals surface area contributed by atoms with Crippen LogP contribution in [-0.4, -0.2) is 31.7 Å². The molecule has 2 aromatic heterocycles. The lowest BCUT2D eigenvalue weighted by Gasteiger charge is -2.31. The number of carbonyl (C=O) groups excluding carboxylic acids is 2. The van der Waals surface area contributed by atoms with Crippen molar-refractivity contribution in [3.05, 3.63) is 56.9 Å². The second kappa shape index (κ2) is 6.89. The Morgan fingerprint density at radius 3 is 2.81 bits per heavy atom. The Morgan fingerprint density at radius 1 is 1.31 bits per heavy atom. The van der Waals surface area contributed by atoms with E-state index in [0.29, 0.717) is 27.9 Å². The van der Waals surface area contributed by atoms with Crippen molar-refractivity contribution in [3.8, 4) is 17.1 Å². The fourth-order valence-corrected chi connectivity index (χ4v) is 4.43. The number of phenolic OH excluding ortho intramolecular Hbond substituents is 1. The largest absolute Gasteiger partial charge is 0.508 e. The highest BCUT2D eigenvalue weighted by Gasteiger charge is 2.45. The molecule has 2 aliphatic rings. The third-order valence-electron chi connectivity index (χ3n) is 6.20. The van der Waals surface area contributed by atoms with Crippen LogP contribution in [-0.2, 0) is 44.4 Å². The summed E-state index contributed by atoms with van der Waals surface area (Å²) in [6.45, 7) is 2.87. The number of pyridine rings is 2. The zero-order valence-electron chi connectivity index (χ0n) is 17.5. The van der Waals surface area contributed by atoms with Gasteiger partial charge in [-0.1, -0.05) is 6.92 Å². The SMILES string of the molecule is CC[C@@]1(O)C(=O)OCc2c1cc1n(c2=O)Cc2cc3c(COC(C)=O)c(O)ccc3nc2-1. The van der Waals surface area contributed by atoms with Crippen LogP contribution in [0, 0.1) is 0 Å². The predicted molar refractivity (Wildman–Crippen MR) is 112 cm³/mol. The lowest BCUT2D eigenvalue weighted by atomic mass is 9.86. The summed E-state index contributed by atoms with van der Waals surface area (Å²) >= 11 is 0. The number of carbonyl (C=O) groups is 2. The van der Waals surface area contributed by atoms with Crippen LogP contribution in [0.2, 0.25) is 0 Å². The van der Waals surface area contributed by atoms with Crippen LogP contribution in [0.5, 0.6) is 5.75 Å². The fraction of sp³-hybridized carbons (Fsp3) is 0.304. The monoisotopic (exact) mass is 436 g/mol. The summed E-state index contributed by atoms with van der Waals surface area (Å²) in [6.07, 6.45) is 0.0680. The summed E-state index contributed by atoms with van der Waals surface area (Å²) in [7, 11) is 0. The molecule has 0 saturated heterocycles. The van der Waals surface area contributed by atoms with Crippen LogP contribution in [0.15, 0.2) is 29.1 Å². The van der Waals surface area contributed by atoms with Crippen molar-refractivity contribution in [1.29, 1.82) is 0 Å². The quantitative estimate of drug-likeness (QED) is 0.466. The molecule has 32 heavy (non-hydrogen) atoms. The van der Waals surface area contributed by atoms with E-state index in [1.807, 2.05) is 6.07 Å². The number of ether oxygens (including phenoxy) is 2. The average Bonchev–Trinajstić information content (AvgIpc) is 3.12. The Labute approximate surface area is 181 Å². The van der Waals surface area contributed by atoms with Crippen molar-refractivity contribution in [2.24, 2.45) is 0 Å². The average molecular weight is 436 g/mol. The molecule has 9 nitrogen and oxygen atoms in total. The van der Waals surface area contributed by atoms with Gasteiger partial charge in [0.05, 0.1) is 29.0 Å². The van der Waals surface area contributed by atoms with E-state index in [1.54, 1.807) is 19.1 Å². The van der Waals surface area contributed by atoms with Gasteiger partial charge in [0, 0.05) is 29.0 Å². The third-order valence-corrected chi connectivity index (χ3v) is 6.20. The molecular weight excluding hydrogens is 416 g/mol. The van der Waals surface area contributed by atoms with E-state index in [1.165, 1.54) is 17.6 Å². The van der Waals surface area contributed by atoms with Gasteiger partial charge in [-0.05, 0) is 30.7 Å². The van der Waals surface area contributed by atoms with E-state index in [2.05, 4.69) is 0 Å². The third kappa shape index (κ3) is 2.74. The topological polar surface area (TPSA) is 128 Å². The Hall–Kier alpha value is -3.72. The van der Waals surface area contributed by atoms with Crippen molar-refractivity contribution >= 4 is 22.8 Å². The highest BCUT2D eigenvalue weighted by atomic mass is 16.6. The molecule has 0 saturated carbocycles. The fourth-order valence-electron chi connectivity index (χ4n) is 4.43. The van der Waals surface area contributed by atoms with Crippen molar-refractivity contribution in [2.75, 3.05) is 0 Å². The number of aromatic nitrogens is 2. The number of phenols is 1. The first-order valence-corrected chi connectivity index (χ1v) is 10.2. The lowest BCUT2D eigenvalue weighted by Crippen LogP contribution is -2.44. The van der Waals surface area contributed by atoms with Crippen LogP contribution < -0.4 is 5.56 Å². The number of hydrogen-bond donors (Lipinski definition) is 2. The molecule has 164 valence electrons. The van der Waals surface area contributed by atoms with Gasteiger partial charge in [0.25, 0.3) is 5.56 Å². The van der Waals surface area contributed by atoms with Crippen LogP contribution in [0.1, 0.15) is 42.5 Å². The van der Waals surface area contributed by atoms with Gasteiger partial charge in [-0.3, -0.25) is 9.59 Å². The zero-order valence-corrected chi connectivity index (χ0v) is 17.5. The van der Waals surface area contributed by atoms with Gasteiger partial charge in [-0.2, -0.15) is 0 Å². The van der Waals surface area contributed by atoms with Crippen molar-refractivity contribution in [3.63, 3.8) is 0 Å². The summed E-state index contributed by atoms with van der Waals surface area (Å²) in [5.41, 5.74) is 1.04. The summed E-state index contributed by atoms with van der Waals surface area (Å²) in [6, 6.07) is 6.57. The molecule has 0 radical (unpaired) electrons. The Kier molecular flexibility index (Phi) is 4.35. The van der Waals surface area contributed by atoms with E-state index in [4.69, 9.17) is 14.5 Å². The molecule has 2 N–H and O–H groups in total. The molecule has 1 atom stereocenters. The summed E-state index contributed by atoms with van der Waals surface area (Å²) in [5, 5.41) is 21.8. The van der Waals surface area contributed by atoms with Crippen LogP contribution >= 0.6 is 0 Å². The van der Waals surface area contributed by atoms with Gasteiger partial charge in [0.15, 0.2) is 5.60 Å². The minimum Gasteiger partial charge on any atom is -0.508 e. The zero-order chi connectivity index (χ0) is 22.8. The number of cyclic esters (lactones) is 1. The number of fused-ring (bicyclic) bond motifs is 5. The molecule has 3 aromatic rings. The number of aromatic hydroxyl groups is 1. The molecule has 9 heteroatoms. The molecule has 0 unspecified atom stereocenters. The van der Waals surface area contributed by atoms with Crippen LogP contribution in [0.25, 0.3) is 22.3 Å². The predicted octanol–water partition coefficient (Wildman–Crippen LogP) is 1.85. The molecule has 1 aromatic carbocycles. The second-order valence-corrected chi connectivity index (χ2v) is 8.01. The van der Waals surface area contributed by atoms with E-state index in [9.17, 15) is 24.6 Å². The van der Waals surface area contributed by atoms with Gasteiger partial charge in [0.1, 0.15) is 19.0 Å². The maximum Gasteiger partial charge on any atom is 0.343 e.